The maximum absolute atomic E-state index is 6.16. The average Bonchev–Trinajstić information content (AvgIpc) is 2.79. The molecule has 0 aliphatic carbocycles. The normalized spacial score (nSPS) is 11.0. The van der Waals surface area contributed by atoms with Crippen molar-refractivity contribution in [3.05, 3.63) is 64.4 Å². The quantitative estimate of drug-likeness (QED) is 0.679. The molecule has 0 saturated heterocycles. The molecule has 2 nitrogen and oxygen atoms in total. The number of fused-ring (bicyclic) bond motifs is 1. The number of nitrogens with zero attached hydrogens (tertiary/aromatic N) is 2. The van der Waals surface area contributed by atoms with Gasteiger partial charge in [0.05, 0.1) is 10.0 Å². The van der Waals surface area contributed by atoms with Gasteiger partial charge in [0.25, 0.3) is 0 Å². The zero-order chi connectivity index (χ0) is 12.5. The minimum absolute atomic E-state index is 0.488. The summed E-state index contributed by atoms with van der Waals surface area (Å²) in [6.45, 7) is 0.773. The first-order valence-corrected chi connectivity index (χ1v) is 6.34. The van der Waals surface area contributed by atoms with Crippen molar-refractivity contribution in [3.8, 4) is 0 Å². The van der Waals surface area contributed by atoms with E-state index < -0.39 is 0 Å². The zero-order valence-electron chi connectivity index (χ0n) is 9.48. The van der Waals surface area contributed by atoms with Gasteiger partial charge in [0.2, 0.25) is 0 Å². The van der Waals surface area contributed by atoms with Gasteiger partial charge in [-0.25, -0.2) is 4.98 Å². The molecule has 0 amide bonds. The van der Waals surface area contributed by atoms with Crippen LogP contribution in [0.15, 0.2) is 48.8 Å². The highest BCUT2D eigenvalue weighted by Gasteiger charge is 2.09. The highest BCUT2D eigenvalue weighted by Crippen LogP contribution is 2.29. The van der Waals surface area contributed by atoms with Crippen LogP contribution in [-0.2, 0) is 6.54 Å². The van der Waals surface area contributed by atoms with Crippen LogP contribution >= 0.6 is 23.2 Å². The predicted molar refractivity (Wildman–Crippen MR) is 75.3 cm³/mol. The fraction of sp³-hybridized carbons (Fsp3) is 0.0714. The molecule has 18 heavy (non-hydrogen) atoms. The third-order valence-electron chi connectivity index (χ3n) is 2.88. The molecule has 0 aliphatic rings. The molecule has 0 fully saturated rings. The average molecular weight is 277 g/mol. The molecule has 0 saturated carbocycles. The predicted octanol–water partition coefficient (Wildman–Crippen LogP) is 4.39. The van der Waals surface area contributed by atoms with Gasteiger partial charge in [-0.05, 0) is 11.6 Å². The molecule has 0 atom stereocenters. The molecule has 1 aromatic carbocycles. The van der Waals surface area contributed by atoms with Crippen LogP contribution in [0.2, 0.25) is 10.0 Å². The lowest BCUT2D eigenvalue weighted by Crippen LogP contribution is -1.98. The van der Waals surface area contributed by atoms with Crippen molar-refractivity contribution in [3.63, 3.8) is 0 Å². The highest BCUT2D eigenvalue weighted by atomic mass is 35.5. The molecule has 0 spiro atoms. The number of benzene rings is 1. The Morgan fingerprint density at radius 3 is 2.61 bits per heavy atom. The van der Waals surface area contributed by atoms with Gasteiger partial charge in [-0.15, -0.1) is 0 Å². The van der Waals surface area contributed by atoms with E-state index in [1.54, 1.807) is 6.20 Å². The van der Waals surface area contributed by atoms with Gasteiger partial charge in [-0.2, -0.15) is 0 Å². The summed E-state index contributed by atoms with van der Waals surface area (Å²) in [6, 6.07) is 12.2. The van der Waals surface area contributed by atoms with E-state index in [1.165, 1.54) is 5.56 Å². The van der Waals surface area contributed by atoms with E-state index in [0.717, 1.165) is 17.6 Å². The van der Waals surface area contributed by atoms with Crippen LogP contribution in [-0.4, -0.2) is 9.55 Å². The molecule has 3 aromatic rings. The van der Waals surface area contributed by atoms with E-state index in [0.29, 0.717) is 10.0 Å². The Labute approximate surface area is 115 Å². The monoisotopic (exact) mass is 276 g/mol. The van der Waals surface area contributed by atoms with Gasteiger partial charge in [0, 0.05) is 24.3 Å². The van der Waals surface area contributed by atoms with Gasteiger partial charge >= 0.3 is 0 Å². The van der Waals surface area contributed by atoms with Crippen molar-refractivity contribution < 1.29 is 0 Å². The number of pyridine rings is 1. The largest absolute Gasteiger partial charge is 0.328 e. The summed E-state index contributed by atoms with van der Waals surface area (Å²) >= 11 is 12.1. The number of rotatable bonds is 2. The SMILES string of the molecule is Clc1cnc2c(ccn2Cc2ccccc2)c1Cl. The van der Waals surface area contributed by atoms with Crippen LogP contribution in [0.25, 0.3) is 11.0 Å². The van der Waals surface area contributed by atoms with E-state index in [2.05, 4.69) is 21.7 Å². The van der Waals surface area contributed by atoms with Crippen LogP contribution in [0.3, 0.4) is 0 Å². The molecular formula is C14H10Cl2N2. The number of hydrogen-bond acceptors (Lipinski definition) is 1. The van der Waals surface area contributed by atoms with Crippen LogP contribution in [0.1, 0.15) is 5.56 Å². The minimum atomic E-state index is 0.488. The van der Waals surface area contributed by atoms with Crippen LogP contribution < -0.4 is 0 Å². The molecule has 0 N–H and O–H groups in total. The van der Waals surface area contributed by atoms with Crippen molar-refractivity contribution >= 4 is 34.2 Å². The van der Waals surface area contributed by atoms with Crippen LogP contribution in [0.4, 0.5) is 0 Å². The van der Waals surface area contributed by atoms with E-state index in [9.17, 15) is 0 Å². The lowest BCUT2D eigenvalue weighted by molar-refractivity contribution is 0.825. The van der Waals surface area contributed by atoms with Gasteiger partial charge < -0.3 is 4.57 Å². The van der Waals surface area contributed by atoms with Gasteiger partial charge in [-0.1, -0.05) is 53.5 Å². The molecule has 90 valence electrons. The van der Waals surface area contributed by atoms with Crippen molar-refractivity contribution in [2.24, 2.45) is 0 Å². The molecule has 0 aliphatic heterocycles. The Hall–Kier alpha value is -1.51. The van der Waals surface area contributed by atoms with Crippen molar-refractivity contribution in [1.82, 2.24) is 9.55 Å². The molecule has 2 aromatic heterocycles. The summed E-state index contributed by atoms with van der Waals surface area (Å²) in [5, 5.41) is 1.94. The Bertz CT molecular complexity index is 690. The summed E-state index contributed by atoms with van der Waals surface area (Å²) in [5.41, 5.74) is 2.08. The second kappa shape index (κ2) is 4.63. The number of aromatic nitrogens is 2. The maximum atomic E-state index is 6.16. The lowest BCUT2D eigenvalue weighted by atomic mass is 10.2. The lowest BCUT2D eigenvalue weighted by Gasteiger charge is -2.05. The second-order valence-corrected chi connectivity index (χ2v) is 4.87. The maximum Gasteiger partial charge on any atom is 0.141 e. The van der Waals surface area contributed by atoms with E-state index in [1.807, 2.05) is 30.5 Å². The summed E-state index contributed by atoms with van der Waals surface area (Å²) in [4.78, 5) is 4.34. The molecule has 2 heterocycles. The fourth-order valence-corrected chi connectivity index (χ4v) is 2.34. The Morgan fingerprint density at radius 2 is 1.83 bits per heavy atom. The van der Waals surface area contributed by atoms with E-state index in [-0.39, 0.29) is 0 Å². The number of halogens is 2. The fourth-order valence-electron chi connectivity index (χ4n) is 1.99. The smallest absolute Gasteiger partial charge is 0.141 e. The van der Waals surface area contributed by atoms with Crippen molar-refractivity contribution in [2.45, 2.75) is 6.54 Å². The van der Waals surface area contributed by atoms with Crippen LogP contribution in [0, 0.1) is 0 Å². The first kappa shape index (κ1) is 11.6. The van der Waals surface area contributed by atoms with Gasteiger partial charge in [0.15, 0.2) is 0 Å². The van der Waals surface area contributed by atoms with Crippen molar-refractivity contribution in [2.75, 3.05) is 0 Å². The summed E-state index contributed by atoms with van der Waals surface area (Å²) in [6.07, 6.45) is 3.57. The number of hydrogen-bond donors (Lipinski definition) is 0. The van der Waals surface area contributed by atoms with E-state index >= 15 is 0 Å². The first-order chi connectivity index (χ1) is 8.75. The molecule has 3 rings (SSSR count). The second-order valence-electron chi connectivity index (χ2n) is 4.09. The Morgan fingerprint density at radius 1 is 1.06 bits per heavy atom. The first-order valence-electron chi connectivity index (χ1n) is 5.58. The standard InChI is InChI=1S/C14H10Cl2N2/c15-12-8-17-14-11(13(12)16)6-7-18(14)9-10-4-2-1-3-5-10/h1-8H,9H2. The summed E-state index contributed by atoms with van der Waals surface area (Å²) < 4.78 is 2.06. The Balaban J connectivity index is 2.06. The van der Waals surface area contributed by atoms with Gasteiger partial charge in [0.1, 0.15) is 5.65 Å². The van der Waals surface area contributed by atoms with Gasteiger partial charge in [-0.3, -0.25) is 0 Å². The zero-order valence-corrected chi connectivity index (χ0v) is 11.0. The molecule has 4 heteroatoms. The molecular weight excluding hydrogens is 267 g/mol. The van der Waals surface area contributed by atoms with E-state index in [4.69, 9.17) is 23.2 Å². The minimum Gasteiger partial charge on any atom is -0.328 e. The topological polar surface area (TPSA) is 17.8 Å². The molecule has 0 bridgehead atoms. The van der Waals surface area contributed by atoms with Crippen molar-refractivity contribution in [1.29, 1.82) is 0 Å². The summed E-state index contributed by atoms with van der Waals surface area (Å²) in [5.74, 6) is 0. The molecule has 0 radical (unpaired) electrons. The summed E-state index contributed by atoms with van der Waals surface area (Å²) in [7, 11) is 0. The Kier molecular flexibility index (Phi) is 2.98. The third-order valence-corrected chi connectivity index (χ3v) is 3.67. The molecule has 0 unspecified atom stereocenters. The highest BCUT2D eigenvalue weighted by molar-refractivity contribution is 6.44. The third kappa shape index (κ3) is 1.98. The van der Waals surface area contributed by atoms with Crippen LogP contribution in [0.5, 0.6) is 0 Å².